The molecule has 2 aliphatic heterocycles. The van der Waals surface area contributed by atoms with E-state index in [9.17, 15) is 9.18 Å². The van der Waals surface area contributed by atoms with E-state index in [-0.39, 0.29) is 54.7 Å². The number of halogens is 4. The normalized spacial score (nSPS) is 23.4. The lowest BCUT2D eigenvalue weighted by Crippen LogP contribution is -2.48. The van der Waals surface area contributed by atoms with Crippen molar-refractivity contribution in [2.24, 2.45) is 0 Å². The summed E-state index contributed by atoms with van der Waals surface area (Å²) in [5.74, 6) is -0.444. The van der Waals surface area contributed by atoms with Gasteiger partial charge in [-0.05, 0) is 19.1 Å². The third kappa shape index (κ3) is 7.51. The zero-order valence-corrected chi connectivity index (χ0v) is 18.8. The highest BCUT2D eigenvalue weighted by Gasteiger charge is 2.29. The summed E-state index contributed by atoms with van der Waals surface area (Å²) in [7, 11) is 0. The highest BCUT2D eigenvalue weighted by molar-refractivity contribution is 6.31. The van der Waals surface area contributed by atoms with Gasteiger partial charge < -0.3 is 20.1 Å². The molecule has 3 atom stereocenters. The molecule has 10 heteroatoms. The third-order valence-electron chi connectivity index (χ3n) is 4.97. The Bertz CT molecular complexity index is 630. The molecule has 2 N–H and O–H groups in total. The maximum absolute atomic E-state index is 14.6. The minimum atomic E-state index is -0.358. The molecule has 2 heterocycles. The van der Waals surface area contributed by atoms with Crippen LogP contribution in [0, 0.1) is 5.82 Å². The molecule has 2 aliphatic rings. The molecule has 166 valence electrons. The first-order valence-electron chi connectivity index (χ1n) is 9.42. The van der Waals surface area contributed by atoms with Gasteiger partial charge in [-0.2, -0.15) is 0 Å². The molecule has 1 aromatic rings. The van der Waals surface area contributed by atoms with E-state index in [2.05, 4.69) is 15.5 Å². The van der Waals surface area contributed by atoms with Crippen molar-refractivity contribution in [2.45, 2.75) is 31.5 Å². The summed E-state index contributed by atoms with van der Waals surface area (Å²) in [4.78, 5) is 14.5. The lowest BCUT2D eigenvalue weighted by Gasteiger charge is -2.38. The molecular formula is C19H29Cl3FN3O3. The fraction of sp³-hybridized carbons (Fsp3) is 0.632. The van der Waals surface area contributed by atoms with Gasteiger partial charge in [-0.1, -0.05) is 17.7 Å². The molecule has 3 unspecified atom stereocenters. The smallest absolute Gasteiger partial charge is 0.221 e. The maximum atomic E-state index is 14.6. The number of amides is 1. The molecule has 0 bridgehead atoms. The standard InChI is InChI=1S/C19H27ClFN3O3.2ClH/c1-13-11-24(6-8-27-13)17(19-15(20)3-2-4-16(19)21)10-23-18(25)9-14-12-26-7-5-22-14;;/h2-4,13-14,17,22H,5-12H2,1H3,(H,23,25);2*1H. The van der Waals surface area contributed by atoms with Crippen molar-refractivity contribution in [3.8, 4) is 0 Å². The molecule has 2 fully saturated rings. The quantitative estimate of drug-likeness (QED) is 0.666. The van der Waals surface area contributed by atoms with Crippen LogP contribution in [0.2, 0.25) is 5.02 Å². The average molecular weight is 473 g/mol. The Morgan fingerprint density at radius 1 is 1.41 bits per heavy atom. The molecule has 1 amide bonds. The van der Waals surface area contributed by atoms with Gasteiger partial charge in [-0.25, -0.2) is 4.39 Å². The zero-order chi connectivity index (χ0) is 19.2. The summed E-state index contributed by atoms with van der Waals surface area (Å²) in [6.07, 6.45) is 0.378. The Labute approximate surface area is 188 Å². The number of carbonyl (C=O) groups excluding carboxylic acids is 1. The Balaban J connectivity index is 0.00000210. The fourth-order valence-electron chi connectivity index (χ4n) is 3.63. The Hall–Kier alpha value is -0.670. The van der Waals surface area contributed by atoms with Crippen molar-refractivity contribution < 1.29 is 18.7 Å². The SMILES string of the molecule is CC1CN(C(CNC(=O)CC2COCCN2)c2c(F)cccc2Cl)CCO1.Cl.Cl. The largest absolute Gasteiger partial charge is 0.378 e. The van der Waals surface area contributed by atoms with Gasteiger partial charge in [0.2, 0.25) is 5.91 Å². The van der Waals surface area contributed by atoms with Gasteiger partial charge in [0.25, 0.3) is 0 Å². The predicted molar refractivity (Wildman–Crippen MR) is 116 cm³/mol. The van der Waals surface area contributed by atoms with Crippen LogP contribution in [-0.2, 0) is 14.3 Å². The van der Waals surface area contributed by atoms with Gasteiger partial charge in [0.1, 0.15) is 5.82 Å². The van der Waals surface area contributed by atoms with Crippen LogP contribution in [0.25, 0.3) is 0 Å². The maximum Gasteiger partial charge on any atom is 0.221 e. The van der Waals surface area contributed by atoms with Crippen LogP contribution in [-0.4, -0.2) is 69.0 Å². The van der Waals surface area contributed by atoms with Gasteiger partial charge in [0.05, 0.1) is 32.0 Å². The number of benzene rings is 1. The first kappa shape index (κ1) is 26.4. The van der Waals surface area contributed by atoms with Crippen molar-refractivity contribution in [3.05, 3.63) is 34.6 Å². The molecule has 0 aliphatic carbocycles. The van der Waals surface area contributed by atoms with Gasteiger partial charge in [0.15, 0.2) is 0 Å². The Kier molecular flexibility index (Phi) is 11.7. The minimum Gasteiger partial charge on any atom is -0.378 e. The van der Waals surface area contributed by atoms with Crippen LogP contribution in [0.1, 0.15) is 24.9 Å². The monoisotopic (exact) mass is 471 g/mol. The van der Waals surface area contributed by atoms with E-state index in [4.69, 9.17) is 21.1 Å². The number of nitrogens with zero attached hydrogens (tertiary/aromatic N) is 1. The number of hydrogen-bond acceptors (Lipinski definition) is 5. The molecule has 0 radical (unpaired) electrons. The van der Waals surface area contributed by atoms with E-state index in [1.165, 1.54) is 6.07 Å². The summed E-state index contributed by atoms with van der Waals surface area (Å²) in [6.45, 7) is 6.10. The molecular weight excluding hydrogens is 444 g/mol. The minimum absolute atomic E-state index is 0. The number of morpholine rings is 2. The summed E-state index contributed by atoms with van der Waals surface area (Å²) in [6, 6.07) is 4.35. The third-order valence-corrected chi connectivity index (χ3v) is 5.30. The number of carbonyl (C=O) groups is 1. The van der Waals surface area contributed by atoms with E-state index in [0.29, 0.717) is 56.5 Å². The van der Waals surface area contributed by atoms with Crippen LogP contribution in [0.15, 0.2) is 18.2 Å². The zero-order valence-electron chi connectivity index (χ0n) is 16.4. The van der Waals surface area contributed by atoms with Crippen LogP contribution in [0.5, 0.6) is 0 Å². The van der Waals surface area contributed by atoms with Crippen molar-refractivity contribution in [1.29, 1.82) is 0 Å². The average Bonchev–Trinajstić information content (AvgIpc) is 2.65. The van der Waals surface area contributed by atoms with E-state index in [0.717, 1.165) is 6.54 Å². The van der Waals surface area contributed by atoms with E-state index >= 15 is 0 Å². The van der Waals surface area contributed by atoms with Crippen molar-refractivity contribution >= 4 is 42.3 Å². The van der Waals surface area contributed by atoms with Crippen LogP contribution in [0.3, 0.4) is 0 Å². The second-order valence-corrected chi connectivity index (χ2v) is 7.47. The lowest BCUT2D eigenvalue weighted by atomic mass is 10.0. The lowest BCUT2D eigenvalue weighted by molar-refractivity contribution is -0.122. The first-order valence-corrected chi connectivity index (χ1v) is 9.79. The van der Waals surface area contributed by atoms with Gasteiger partial charge in [0, 0.05) is 49.2 Å². The van der Waals surface area contributed by atoms with Gasteiger partial charge >= 0.3 is 0 Å². The van der Waals surface area contributed by atoms with E-state index in [1.54, 1.807) is 12.1 Å². The molecule has 6 nitrogen and oxygen atoms in total. The Morgan fingerprint density at radius 2 is 2.21 bits per heavy atom. The highest BCUT2D eigenvalue weighted by Crippen LogP contribution is 2.31. The summed E-state index contributed by atoms with van der Waals surface area (Å²) in [5.41, 5.74) is 0.424. The number of hydrogen-bond donors (Lipinski definition) is 2. The number of ether oxygens (including phenoxy) is 2. The molecule has 2 saturated heterocycles. The van der Waals surface area contributed by atoms with E-state index in [1.807, 2.05) is 6.92 Å². The fourth-order valence-corrected chi connectivity index (χ4v) is 3.92. The molecule has 29 heavy (non-hydrogen) atoms. The summed E-state index contributed by atoms with van der Waals surface area (Å²) < 4.78 is 25.6. The second kappa shape index (κ2) is 12.9. The van der Waals surface area contributed by atoms with Crippen LogP contribution >= 0.6 is 36.4 Å². The van der Waals surface area contributed by atoms with Crippen LogP contribution < -0.4 is 10.6 Å². The summed E-state index contributed by atoms with van der Waals surface area (Å²) in [5, 5.41) is 6.59. The number of rotatable bonds is 6. The first-order chi connectivity index (χ1) is 13.0. The predicted octanol–water partition coefficient (Wildman–Crippen LogP) is 2.58. The van der Waals surface area contributed by atoms with Gasteiger partial charge in [-0.15, -0.1) is 24.8 Å². The Morgan fingerprint density at radius 3 is 2.86 bits per heavy atom. The van der Waals surface area contributed by atoms with Crippen molar-refractivity contribution in [3.63, 3.8) is 0 Å². The van der Waals surface area contributed by atoms with Crippen LogP contribution in [0.4, 0.5) is 4.39 Å². The molecule has 0 spiro atoms. The molecule has 1 aromatic carbocycles. The second-order valence-electron chi connectivity index (χ2n) is 7.06. The topological polar surface area (TPSA) is 62.8 Å². The van der Waals surface area contributed by atoms with Crippen molar-refractivity contribution in [2.75, 3.05) is 46.0 Å². The molecule has 0 aromatic heterocycles. The van der Waals surface area contributed by atoms with Gasteiger partial charge in [-0.3, -0.25) is 9.69 Å². The summed E-state index contributed by atoms with van der Waals surface area (Å²) >= 11 is 6.31. The molecule has 3 rings (SSSR count). The van der Waals surface area contributed by atoms with Crippen molar-refractivity contribution in [1.82, 2.24) is 15.5 Å². The number of nitrogens with one attached hydrogen (secondary N) is 2. The highest BCUT2D eigenvalue weighted by atomic mass is 35.5. The van der Waals surface area contributed by atoms with E-state index < -0.39 is 0 Å². The molecule has 0 saturated carbocycles.